The summed E-state index contributed by atoms with van der Waals surface area (Å²) in [6.45, 7) is 7.18. The number of fused-ring (bicyclic) bond motifs is 1. The average molecular weight is 224 g/mol. The lowest BCUT2D eigenvalue weighted by molar-refractivity contribution is 0.947. The van der Waals surface area contributed by atoms with E-state index < -0.39 is 0 Å². The molecule has 0 spiro atoms. The lowest BCUT2D eigenvalue weighted by Crippen LogP contribution is -1.90. The fourth-order valence-corrected chi connectivity index (χ4v) is 1.84. The molecule has 6 heteroatoms. The average Bonchev–Trinajstić information content (AvgIpc) is 2.94. The number of hydrogen-bond donors (Lipinski definition) is 2. The first-order valence-corrected chi connectivity index (χ1v) is 4.93. The van der Waals surface area contributed by atoms with Gasteiger partial charge in [0.25, 0.3) is 0 Å². The number of aromatic nitrogens is 4. The summed E-state index contributed by atoms with van der Waals surface area (Å²) in [6.07, 6.45) is 6.66. The number of aromatic amines is 1. The predicted molar refractivity (Wildman–Crippen MR) is 63.4 cm³/mol. The van der Waals surface area contributed by atoms with Gasteiger partial charge in [-0.1, -0.05) is 0 Å². The molecule has 0 atom stereocenters. The first-order chi connectivity index (χ1) is 8.29. The van der Waals surface area contributed by atoms with Gasteiger partial charge in [0.1, 0.15) is 0 Å². The van der Waals surface area contributed by atoms with Crippen LogP contribution in [0.15, 0.2) is 30.9 Å². The summed E-state index contributed by atoms with van der Waals surface area (Å²) in [5.74, 6) is 0. The highest BCUT2D eigenvalue weighted by atomic mass is 15.2. The Hall–Kier alpha value is -2.81. The fourth-order valence-electron chi connectivity index (χ4n) is 1.84. The van der Waals surface area contributed by atoms with Crippen LogP contribution >= 0.6 is 0 Å². The van der Waals surface area contributed by atoms with Gasteiger partial charge < -0.3 is 5.73 Å². The molecule has 6 nitrogen and oxygen atoms in total. The molecule has 3 aromatic heterocycles. The fraction of sp³-hybridized carbons (Fsp3) is 0. The SMILES string of the molecule is [C-]#[N+]c1cnn2cc(N)cc2c1-c1cn[nH]c1. The summed E-state index contributed by atoms with van der Waals surface area (Å²) >= 11 is 0. The van der Waals surface area contributed by atoms with Crippen LogP contribution in [0.3, 0.4) is 0 Å². The molecule has 0 aromatic carbocycles. The summed E-state index contributed by atoms with van der Waals surface area (Å²) in [5, 5.41) is 10.8. The molecule has 0 bridgehead atoms. The van der Waals surface area contributed by atoms with Crippen LogP contribution in [0.1, 0.15) is 0 Å². The molecule has 0 aliphatic heterocycles. The van der Waals surface area contributed by atoms with Crippen LogP contribution in [-0.4, -0.2) is 19.8 Å². The minimum absolute atomic E-state index is 0.483. The molecule has 3 aromatic rings. The van der Waals surface area contributed by atoms with E-state index in [0.717, 1.165) is 16.6 Å². The van der Waals surface area contributed by atoms with Crippen molar-refractivity contribution < 1.29 is 0 Å². The smallest absolute Gasteiger partial charge is 0.216 e. The minimum atomic E-state index is 0.483. The Morgan fingerprint density at radius 3 is 3.00 bits per heavy atom. The third-order valence-electron chi connectivity index (χ3n) is 2.55. The van der Waals surface area contributed by atoms with E-state index in [1.54, 1.807) is 29.2 Å². The number of nitrogen functional groups attached to an aromatic ring is 1. The zero-order chi connectivity index (χ0) is 11.8. The van der Waals surface area contributed by atoms with Crippen LogP contribution in [-0.2, 0) is 0 Å². The van der Waals surface area contributed by atoms with Crippen molar-refractivity contribution in [1.29, 1.82) is 0 Å². The Labute approximate surface area is 96.5 Å². The number of nitrogens with one attached hydrogen (secondary N) is 1. The van der Waals surface area contributed by atoms with Crippen molar-refractivity contribution in [2.45, 2.75) is 0 Å². The number of rotatable bonds is 1. The monoisotopic (exact) mass is 224 g/mol. The molecule has 17 heavy (non-hydrogen) atoms. The molecule has 0 aliphatic carbocycles. The Morgan fingerprint density at radius 2 is 2.29 bits per heavy atom. The summed E-state index contributed by atoms with van der Waals surface area (Å²) in [5.41, 5.74) is 9.28. The van der Waals surface area contributed by atoms with Crippen LogP contribution in [0.25, 0.3) is 21.5 Å². The Balaban J connectivity index is 2.44. The summed E-state index contributed by atoms with van der Waals surface area (Å²) < 4.78 is 1.66. The van der Waals surface area contributed by atoms with E-state index in [1.165, 1.54) is 6.20 Å². The molecule has 3 rings (SSSR count). The first-order valence-electron chi connectivity index (χ1n) is 4.93. The van der Waals surface area contributed by atoms with Crippen molar-refractivity contribution in [3.8, 4) is 11.1 Å². The lowest BCUT2D eigenvalue weighted by atomic mass is 10.1. The minimum Gasteiger partial charge on any atom is -0.397 e. The molecular formula is C11H8N6. The molecule has 0 amide bonds. The van der Waals surface area contributed by atoms with Gasteiger partial charge in [-0.15, -0.1) is 0 Å². The number of nitrogens with two attached hydrogens (primary N) is 1. The molecule has 0 radical (unpaired) electrons. The molecule has 0 fully saturated rings. The summed E-state index contributed by atoms with van der Waals surface area (Å²) in [7, 11) is 0. The van der Waals surface area contributed by atoms with Crippen molar-refractivity contribution in [2.75, 3.05) is 5.73 Å². The number of nitrogens with zero attached hydrogens (tertiary/aromatic N) is 4. The number of H-pyrrole nitrogens is 1. The van der Waals surface area contributed by atoms with Gasteiger partial charge in [0.2, 0.25) is 5.69 Å². The van der Waals surface area contributed by atoms with Gasteiger partial charge in [-0.05, 0) is 6.07 Å². The highest BCUT2D eigenvalue weighted by molar-refractivity contribution is 5.91. The maximum absolute atomic E-state index is 7.18. The van der Waals surface area contributed by atoms with Crippen LogP contribution in [0.2, 0.25) is 0 Å². The van der Waals surface area contributed by atoms with Crippen molar-refractivity contribution in [3.63, 3.8) is 0 Å². The molecular weight excluding hydrogens is 216 g/mol. The van der Waals surface area contributed by atoms with Crippen molar-refractivity contribution in [1.82, 2.24) is 19.8 Å². The maximum atomic E-state index is 7.18. The largest absolute Gasteiger partial charge is 0.397 e. The molecule has 3 heterocycles. The van der Waals surface area contributed by atoms with E-state index in [0.29, 0.717) is 11.4 Å². The standard InChI is InChI=1S/C11H8N6/c1-13-9-5-16-17-6-8(12)2-10(17)11(9)7-3-14-15-4-7/h2-6H,12H2,(H,14,15). The van der Waals surface area contributed by atoms with E-state index >= 15 is 0 Å². The van der Waals surface area contributed by atoms with Gasteiger partial charge in [-0.2, -0.15) is 10.2 Å². The quantitative estimate of drug-likeness (QED) is 0.619. The first kappa shape index (κ1) is 9.42. The lowest BCUT2D eigenvalue weighted by Gasteiger charge is -2.03. The van der Waals surface area contributed by atoms with Crippen molar-refractivity contribution in [3.05, 3.63) is 42.3 Å². The van der Waals surface area contributed by atoms with Gasteiger partial charge in [0.05, 0.1) is 36.4 Å². The number of anilines is 1. The Kier molecular flexibility index (Phi) is 1.86. The van der Waals surface area contributed by atoms with E-state index in [2.05, 4.69) is 20.1 Å². The Bertz CT molecular complexity index is 716. The zero-order valence-corrected chi connectivity index (χ0v) is 8.75. The molecule has 0 unspecified atom stereocenters. The number of hydrogen-bond acceptors (Lipinski definition) is 3. The van der Waals surface area contributed by atoms with E-state index in [9.17, 15) is 0 Å². The maximum Gasteiger partial charge on any atom is 0.216 e. The zero-order valence-electron chi connectivity index (χ0n) is 8.75. The molecule has 0 saturated heterocycles. The van der Waals surface area contributed by atoms with Crippen molar-refractivity contribution >= 4 is 16.9 Å². The summed E-state index contributed by atoms with van der Waals surface area (Å²) in [4.78, 5) is 3.48. The highest BCUT2D eigenvalue weighted by Crippen LogP contribution is 2.34. The normalized spacial score (nSPS) is 10.5. The van der Waals surface area contributed by atoms with E-state index in [4.69, 9.17) is 12.3 Å². The molecule has 3 N–H and O–H groups in total. The van der Waals surface area contributed by atoms with Gasteiger partial charge in [0.15, 0.2) is 0 Å². The third kappa shape index (κ3) is 1.33. The Morgan fingerprint density at radius 1 is 1.41 bits per heavy atom. The van der Waals surface area contributed by atoms with Gasteiger partial charge in [-0.3, -0.25) is 5.10 Å². The highest BCUT2D eigenvalue weighted by Gasteiger charge is 2.13. The van der Waals surface area contributed by atoms with E-state index in [1.807, 2.05) is 0 Å². The second kappa shape index (κ2) is 3.35. The second-order valence-corrected chi connectivity index (χ2v) is 3.61. The second-order valence-electron chi connectivity index (χ2n) is 3.61. The predicted octanol–water partition coefficient (Wildman–Crippen LogP) is 1.86. The molecule has 0 aliphatic rings. The van der Waals surface area contributed by atoms with Crippen LogP contribution < -0.4 is 5.73 Å². The molecule has 82 valence electrons. The van der Waals surface area contributed by atoms with E-state index in [-0.39, 0.29) is 0 Å². The van der Waals surface area contributed by atoms with Crippen LogP contribution in [0.5, 0.6) is 0 Å². The van der Waals surface area contributed by atoms with Crippen LogP contribution in [0, 0.1) is 6.57 Å². The van der Waals surface area contributed by atoms with Gasteiger partial charge in [-0.25, -0.2) is 9.36 Å². The summed E-state index contributed by atoms with van der Waals surface area (Å²) in [6, 6.07) is 1.80. The van der Waals surface area contributed by atoms with Gasteiger partial charge in [0, 0.05) is 17.3 Å². The third-order valence-corrected chi connectivity index (χ3v) is 2.55. The topological polar surface area (TPSA) is 76.4 Å². The van der Waals surface area contributed by atoms with Gasteiger partial charge >= 0.3 is 0 Å². The van der Waals surface area contributed by atoms with Crippen molar-refractivity contribution in [2.24, 2.45) is 0 Å². The van der Waals surface area contributed by atoms with Crippen LogP contribution in [0.4, 0.5) is 11.4 Å². The molecule has 0 saturated carbocycles.